The zero-order valence-electron chi connectivity index (χ0n) is 11.5. The summed E-state index contributed by atoms with van der Waals surface area (Å²) in [6.07, 6.45) is 1.60. The Labute approximate surface area is 122 Å². The van der Waals surface area contributed by atoms with Gasteiger partial charge in [-0.2, -0.15) is 0 Å². The molecule has 21 heavy (non-hydrogen) atoms. The second-order valence-corrected chi connectivity index (χ2v) is 4.56. The van der Waals surface area contributed by atoms with Gasteiger partial charge in [0.05, 0.1) is 12.6 Å². The van der Waals surface area contributed by atoms with E-state index < -0.39 is 0 Å². The van der Waals surface area contributed by atoms with Crippen molar-refractivity contribution in [3.8, 4) is 0 Å². The van der Waals surface area contributed by atoms with E-state index in [0.29, 0.717) is 12.2 Å². The summed E-state index contributed by atoms with van der Waals surface area (Å²) in [7, 11) is 0. The Morgan fingerprint density at radius 1 is 1.29 bits per heavy atom. The quantitative estimate of drug-likeness (QED) is 0.274. The summed E-state index contributed by atoms with van der Waals surface area (Å²) in [5, 5.41) is 24.3. The summed E-state index contributed by atoms with van der Waals surface area (Å²) in [5.41, 5.74) is 7.88. The molecule has 0 aliphatic heterocycles. The number of amidine groups is 1. The molecule has 0 saturated carbocycles. The molecule has 0 radical (unpaired) electrons. The second kappa shape index (κ2) is 7.37. The number of nitrogens with two attached hydrogens (primary N) is 1. The van der Waals surface area contributed by atoms with Crippen LogP contribution < -0.4 is 11.1 Å². The van der Waals surface area contributed by atoms with E-state index in [1.165, 1.54) is 0 Å². The number of aliphatic hydroxyl groups excluding tert-OH is 1. The van der Waals surface area contributed by atoms with Crippen LogP contribution in [0.3, 0.4) is 0 Å². The van der Waals surface area contributed by atoms with Gasteiger partial charge in [0, 0.05) is 12.7 Å². The fourth-order valence-corrected chi connectivity index (χ4v) is 1.99. The Hall–Kier alpha value is -2.44. The summed E-state index contributed by atoms with van der Waals surface area (Å²) in [5.74, 6) is -0.0291. The van der Waals surface area contributed by atoms with Gasteiger partial charge in [-0.3, -0.25) is 4.98 Å². The van der Waals surface area contributed by atoms with Gasteiger partial charge in [0.1, 0.15) is 5.69 Å². The van der Waals surface area contributed by atoms with Crippen LogP contribution in [0.25, 0.3) is 0 Å². The molecule has 5 N–H and O–H groups in total. The van der Waals surface area contributed by atoms with Gasteiger partial charge in [-0.1, -0.05) is 35.5 Å². The van der Waals surface area contributed by atoms with Gasteiger partial charge in [-0.15, -0.1) is 0 Å². The first-order valence-electron chi connectivity index (χ1n) is 6.56. The molecule has 0 bridgehead atoms. The molecular formula is C15H18N4O2. The van der Waals surface area contributed by atoms with Crippen molar-refractivity contribution in [2.45, 2.75) is 12.6 Å². The summed E-state index contributed by atoms with van der Waals surface area (Å²) >= 11 is 0. The minimum atomic E-state index is -0.147. The number of benzene rings is 1. The van der Waals surface area contributed by atoms with E-state index in [0.717, 1.165) is 11.1 Å². The van der Waals surface area contributed by atoms with Gasteiger partial charge in [-0.25, -0.2) is 0 Å². The molecule has 1 heterocycles. The molecule has 1 unspecified atom stereocenters. The van der Waals surface area contributed by atoms with Crippen LogP contribution in [-0.4, -0.2) is 27.7 Å². The summed E-state index contributed by atoms with van der Waals surface area (Å²) in [4.78, 5) is 4.02. The van der Waals surface area contributed by atoms with Crippen molar-refractivity contribution in [2.75, 3.05) is 6.61 Å². The first-order chi connectivity index (χ1) is 10.2. The minimum absolute atomic E-state index is 0.00217. The first kappa shape index (κ1) is 15.0. The van der Waals surface area contributed by atoms with Crippen molar-refractivity contribution in [3.05, 3.63) is 65.5 Å². The molecule has 1 aromatic carbocycles. The molecule has 110 valence electrons. The summed E-state index contributed by atoms with van der Waals surface area (Å²) < 4.78 is 0. The Kier molecular flexibility index (Phi) is 5.25. The molecule has 0 saturated heterocycles. The van der Waals surface area contributed by atoms with E-state index in [1.807, 2.05) is 36.4 Å². The lowest BCUT2D eigenvalue weighted by Gasteiger charge is -2.16. The fourth-order valence-electron chi connectivity index (χ4n) is 1.99. The Balaban J connectivity index is 2.05. The van der Waals surface area contributed by atoms with Crippen molar-refractivity contribution < 1.29 is 10.3 Å². The Morgan fingerprint density at radius 2 is 2.05 bits per heavy atom. The molecule has 1 aromatic heterocycles. The van der Waals surface area contributed by atoms with Gasteiger partial charge >= 0.3 is 0 Å². The molecule has 0 aliphatic rings. The molecule has 2 rings (SSSR count). The Morgan fingerprint density at radius 3 is 2.71 bits per heavy atom. The highest BCUT2D eigenvalue weighted by Crippen LogP contribution is 2.12. The van der Waals surface area contributed by atoms with Crippen molar-refractivity contribution in [2.24, 2.45) is 10.9 Å². The van der Waals surface area contributed by atoms with Gasteiger partial charge in [0.25, 0.3) is 0 Å². The van der Waals surface area contributed by atoms with Crippen LogP contribution in [0.15, 0.2) is 53.8 Å². The second-order valence-electron chi connectivity index (χ2n) is 4.56. The zero-order chi connectivity index (χ0) is 15.1. The van der Waals surface area contributed by atoms with Crippen LogP contribution in [0.5, 0.6) is 0 Å². The molecule has 0 spiro atoms. The van der Waals surface area contributed by atoms with E-state index in [-0.39, 0.29) is 18.5 Å². The number of aromatic nitrogens is 1. The highest BCUT2D eigenvalue weighted by atomic mass is 16.4. The third-order valence-electron chi connectivity index (χ3n) is 3.13. The third-order valence-corrected chi connectivity index (χ3v) is 3.13. The van der Waals surface area contributed by atoms with Crippen LogP contribution in [0, 0.1) is 0 Å². The normalized spacial score (nSPS) is 13.1. The van der Waals surface area contributed by atoms with Crippen molar-refractivity contribution in [1.29, 1.82) is 0 Å². The molecule has 2 aromatic rings. The van der Waals surface area contributed by atoms with Gasteiger partial charge in [-0.05, 0) is 23.3 Å². The number of hydrogen-bond acceptors (Lipinski definition) is 5. The third kappa shape index (κ3) is 4.01. The van der Waals surface area contributed by atoms with Crippen LogP contribution in [0.1, 0.15) is 22.9 Å². The largest absolute Gasteiger partial charge is 0.409 e. The highest BCUT2D eigenvalue weighted by molar-refractivity contribution is 5.95. The lowest BCUT2D eigenvalue weighted by Crippen LogP contribution is -2.24. The smallest absolute Gasteiger partial charge is 0.188 e. The fraction of sp³-hybridized carbons (Fsp3) is 0.200. The average Bonchev–Trinajstić information content (AvgIpc) is 2.56. The summed E-state index contributed by atoms with van der Waals surface area (Å²) in [6, 6.07) is 13.1. The molecule has 6 heteroatoms. The summed E-state index contributed by atoms with van der Waals surface area (Å²) in [6.45, 7) is 0.538. The molecular weight excluding hydrogens is 268 g/mol. The van der Waals surface area contributed by atoms with E-state index in [4.69, 9.17) is 10.9 Å². The van der Waals surface area contributed by atoms with E-state index in [1.54, 1.807) is 12.3 Å². The number of nitrogens with one attached hydrogen (secondary N) is 1. The maximum Gasteiger partial charge on any atom is 0.188 e. The molecule has 6 nitrogen and oxygen atoms in total. The van der Waals surface area contributed by atoms with Crippen LogP contribution in [0.4, 0.5) is 0 Å². The number of rotatable bonds is 6. The SMILES string of the molecule is NC(=NO)c1cc(CNC(CO)c2ccccc2)ccn1. The monoisotopic (exact) mass is 286 g/mol. The van der Waals surface area contributed by atoms with Crippen LogP contribution in [0.2, 0.25) is 0 Å². The van der Waals surface area contributed by atoms with Gasteiger partial charge in [0.2, 0.25) is 0 Å². The Bertz CT molecular complexity index is 602. The lowest BCUT2D eigenvalue weighted by atomic mass is 10.1. The van der Waals surface area contributed by atoms with E-state index in [2.05, 4.69) is 15.5 Å². The van der Waals surface area contributed by atoms with Crippen molar-refractivity contribution >= 4 is 5.84 Å². The predicted octanol–water partition coefficient (Wildman–Crippen LogP) is 0.999. The number of nitrogens with zero attached hydrogens (tertiary/aromatic N) is 2. The number of oxime groups is 1. The minimum Gasteiger partial charge on any atom is -0.409 e. The zero-order valence-corrected chi connectivity index (χ0v) is 11.5. The molecule has 0 amide bonds. The maximum absolute atomic E-state index is 9.49. The predicted molar refractivity (Wildman–Crippen MR) is 79.9 cm³/mol. The average molecular weight is 286 g/mol. The maximum atomic E-state index is 9.49. The van der Waals surface area contributed by atoms with E-state index >= 15 is 0 Å². The first-order valence-corrected chi connectivity index (χ1v) is 6.56. The van der Waals surface area contributed by atoms with E-state index in [9.17, 15) is 5.11 Å². The lowest BCUT2D eigenvalue weighted by molar-refractivity contribution is 0.243. The van der Waals surface area contributed by atoms with Crippen LogP contribution in [-0.2, 0) is 6.54 Å². The number of pyridine rings is 1. The van der Waals surface area contributed by atoms with Gasteiger partial charge < -0.3 is 21.4 Å². The highest BCUT2D eigenvalue weighted by Gasteiger charge is 2.09. The van der Waals surface area contributed by atoms with Crippen LogP contribution >= 0.6 is 0 Å². The topological polar surface area (TPSA) is 104 Å². The number of aliphatic hydroxyl groups is 1. The standard InChI is InChI=1S/C15H18N4O2/c16-15(19-21)13-8-11(6-7-17-13)9-18-14(10-20)12-4-2-1-3-5-12/h1-8,14,18,20-21H,9-10H2,(H2,16,19). The van der Waals surface area contributed by atoms with Crippen molar-refractivity contribution in [3.63, 3.8) is 0 Å². The number of hydrogen-bond donors (Lipinski definition) is 4. The molecule has 0 fully saturated rings. The molecule has 1 atom stereocenters. The van der Waals surface area contributed by atoms with Gasteiger partial charge in [0.15, 0.2) is 5.84 Å². The molecule has 0 aliphatic carbocycles. The van der Waals surface area contributed by atoms with Crippen molar-refractivity contribution in [1.82, 2.24) is 10.3 Å².